The van der Waals surface area contributed by atoms with Gasteiger partial charge in [-0.15, -0.1) is 0 Å². The number of aliphatic hydroxyl groups excluding tert-OH is 1. The smallest absolute Gasteiger partial charge is 0.273 e. The van der Waals surface area contributed by atoms with Gasteiger partial charge in [-0.05, 0) is 39.2 Å². The minimum Gasteiger partial charge on any atom is -0.466 e. The van der Waals surface area contributed by atoms with Crippen LogP contribution in [0.2, 0.25) is 0 Å². The van der Waals surface area contributed by atoms with Gasteiger partial charge in [0.05, 0.1) is 6.10 Å². The predicted molar refractivity (Wildman–Crippen MR) is 78.6 cm³/mol. The van der Waals surface area contributed by atoms with Crippen LogP contribution in [0.5, 0.6) is 0 Å². The Bertz CT molecular complexity index is 669. The molecule has 1 amide bonds. The number of carbonyl (C=O) groups excluding carboxylic acids is 1. The fourth-order valence-electron chi connectivity index (χ4n) is 2.51. The lowest BCUT2D eigenvalue weighted by atomic mass is 10.1. The van der Waals surface area contributed by atoms with Crippen LogP contribution >= 0.6 is 0 Å². The van der Waals surface area contributed by atoms with E-state index in [0.29, 0.717) is 30.3 Å². The highest BCUT2D eigenvalue weighted by molar-refractivity contribution is 5.92. The van der Waals surface area contributed by atoms with Crippen LogP contribution in [0.15, 0.2) is 21.1 Å². The van der Waals surface area contributed by atoms with Crippen molar-refractivity contribution in [1.82, 2.24) is 10.5 Å². The Hall–Kier alpha value is -2.08. The average Bonchev–Trinajstić information content (AvgIpc) is 3.10. The monoisotopic (exact) mass is 304 g/mol. The first kappa shape index (κ1) is 14.8. The number of carbonyl (C=O) groups is 1. The molecule has 2 aromatic heterocycles. The maximum atomic E-state index is 12.0. The molecule has 3 rings (SSSR count). The summed E-state index contributed by atoms with van der Waals surface area (Å²) >= 11 is 0. The zero-order valence-electron chi connectivity index (χ0n) is 12.8. The molecule has 0 aliphatic heterocycles. The molecule has 1 aliphatic carbocycles. The lowest BCUT2D eigenvalue weighted by Gasteiger charge is -2.09. The maximum absolute atomic E-state index is 12.0. The van der Waals surface area contributed by atoms with E-state index in [0.717, 1.165) is 29.9 Å². The third-order valence-electron chi connectivity index (χ3n) is 3.88. The average molecular weight is 304 g/mol. The largest absolute Gasteiger partial charge is 0.466 e. The summed E-state index contributed by atoms with van der Waals surface area (Å²) in [5.74, 6) is 2.42. The first-order valence-electron chi connectivity index (χ1n) is 7.54. The van der Waals surface area contributed by atoms with Crippen LogP contribution in [-0.4, -0.2) is 22.7 Å². The molecule has 2 aromatic rings. The molecule has 6 heteroatoms. The molecule has 1 saturated carbocycles. The minimum absolute atomic E-state index is 0.275. The van der Waals surface area contributed by atoms with Crippen molar-refractivity contribution >= 4 is 5.91 Å². The van der Waals surface area contributed by atoms with E-state index >= 15 is 0 Å². The van der Waals surface area contributed by atoms with Crippen molar-refractivity contribution in [3.8, 4) is 0 Å². The summed E-state index contributed by atoms with van der Waals surface area (Å²) in [5, 5.41) is 16.7. The van der Waals surface area contributed by atoms with Crippen LogP contribution in [0.1, 0.15) is 64.6 Å². The second kappa shape index (κ2) is 5.96. The lowest BCUT2D eigenvalue weighted by molar-refractivity contribution is 0.0933. The molecule has 1 unspecified atom stereocenters. The third-order valence-corrected chi connectivity index (χ3v) is 3.88. The molecule has 0 saturated heterocycles. The standard InChI is InChI=1S/C16H20N2O4/c1-9-7-12(10(2)21-9)14(19)5-6-17-16(20)13-8-15(22-18-13)11-3-4-11/h7-8,11,14,19H,3-6H2,1-2H3,(H,17,20). The highest BCUT2D eigenvalue weighted by atomic mass is 16.5. The summed E-state index contributed by atoms with van der Waals surface area (Å²) in [4.78, 5) is 12.0. The van der Waals surface area contributed by atoms with E-state index in [-0.39, 0.29) is 5.91 Å². The molecular weight excluding hydrogens is 284 g/mol. The van der Waals surface area contributed by atoms with Gasteiger partial charge in [0.25, 0.3) is 5.91 Å². The van der Waals surface area contributed by atoms with Crippen molar-refractivity contribution < 1.29 is 18.8 Å². The van der Waals surface area contributed by atoms with E-state index in [1.807, 2.05) is 19.9 Å². The second-order valence-electron chi connectivity index (χ2n) is 5.82. The van der Waals surface area contributed by atoms with E-state index in [9.17, 15) is 9.90 Å². The molecule has 2 heterocycles. The van der Waals surface area contributed by atoms with Crippen LogP contribution in [0.3, 0.4) is 0 Å². The van der Waals surface area contributed by atoms with Gasteiger partial charge in [-0.2, -0.15) is 0 Å². The van der Waals surface area contributed by atoms with Crippen molar-refractivity contribution in [1.29, 1.82) is 0 Å². The number of nitrogens with one attached hydrogen (secondary N) is 1. The van der Waals surface area contributed by atoms with Gasteiger partial charge < -0.3 is 19.4 Å². The number of furan rings is 1. The predicted octanol–water partition coefficient (Wildman–Crippen LogP) is 2.62. The Balaban J connectivity index is 1.49. The first-order chi connectivity index (χ1) is 10.5. The Kier molecular flexibility index (Phi) is 4.02. The zero-order chi connectivity index (χ0) is 15.7. The molecule has 1 atom stereocenters. The van der Waals surface area contributed by atoms with Gasteiger partial charge in [0.1, 0.15) is 17.3 Å². The number of aliphatic hydroxyl groups is 1. The van der Waals surface area contributed by atoms with Crippen LogP contribution in [0, 0.1) is 13.8 Å². The maximum Gasteiger partial charge on any atom is 0.273 e. The van der Waals surface area contributed by atoms with Crippen molar-refractivity contribution in [2.75, 3.05) is 6.54 Å². The Morgan fingerprint density at radius 2 is 2.23 bits per heavy atom. The summed E-state index contributed by atoms with van der Waals surface area (Å²) in [6.45, 7) is 4.02. The second-order valence-corrected chi connectivity index (χ2v) is 5.82. The van der Waals surface area contributed by atoms with Crippen molar-refractivity contribution in [3.05, 3.63) is 40.7 Å². The van der Waals surface area contributed by atoms with Gasteiger partial charge in [0.2, 0.25) is 0 Å². The molecule has 0 aromatic carbocycles. The minimum atomic E-state index is -0.655. The number of hydrogen-bond acceptors (Lipinski definition) is 5. The fourth-order valence-corrected chi connectivity index (χ4v) is 2.51. The Labute approximate surface area is 128 Å². The van der Waals surface area contributed by atoms with Gasteiger partial charge in [-0.25, -0.2) is 0 Å². The Morgan fingerprint density at radius 1 is 1.45 bits per heavy atom. The van der Waals surface area contributed by atoms with E-state index in [1.54, 1.807) is 6.07 Å². The molecule has 1 fully saturated rings. The summed E-state index contributed by atoms with van der Waals surface area (Å²) in [5.41, 5.74) is 1.07. The molecular formula is C16H20N2O4. The molecule has 0 radical (unpaired) electrons. The number of amides is 1. The normalized spacial score (nSPS) is 15.8. The van der Waals surface area contributed by atoms with Crippen LogP contribution in [0.25, 0.3) is 0 Å². The summed E-state index contributed by atoms with van der Waals surface area (Å²) in [6.07, 6.45) is 1.97. The number of aryl methyl sites for hydroxylation is 2. The fraction of sp³-hybridized carbons (Fsp3) is 0.500. The third kappa shape index (κ3) is 3.22. The van der Waals surface area contributed by atoms with E-state index in [1.165, 1.54) is 0 Å². The van der Waals surface area contributed by atoms with Gasteiger partial charge in [0.15, 0.2) is 5.69 Å². The molecule has 1 aliphatic rings. The van der Waals surface area contributed by atoms with Crippen molar-refractivity contribution in [3.63, 3.8) is 0 Å². The molecule has 22 heavy (non-hydrogen) atoms. The van der Waals surface area contributed by atoms with Gasteiger partial charge in [0, 0.05) is 24.1 Å². The number of aromatic nitrogens is 1. The highest BCUT2D eigenvalue weighted by Crippen LogP contribution is 2.40. The zero-order valence-corrected chi connectivity index (χ0v) is 12.8. The van der Waals surface area contributed by atoms with Gasteiger partial charge in [-0.3, -0.25) is 4.79 Å². The van der Waals surface area contributed by atoms with Crippen LogP contribution < -0.4 is 5.32 Å². The Morgan fingerprint density at radius 3 is 2.86 bits per heavy atom. The first-order valence-corrected chi connectivity index (χ1v) is 7.54. The molecule has 118 valence electrons. The van der Waals surface area contributed by atoms with Crippen LogP contribution in [-0.2, 0) is 0 Å². The SMILES string of the molecule is Cc1cc(C(O)CCNC(=O)c2cc(C3CC3)on2)c(C)o1. The number of hydrogen-bond donors (Lipinski definition) is 2. The van der Waals surface area contributed by atoms with E-state index in [2.05, 4.69) is 10.5 Å². The molecule has 2 N–H and O–H groups in total. The molecule has 0 spiro atoms. The quantitative estimate of drug-likeness (QED) is 0.856. The summed E-state index contributed by atoms with van der Waals surface area (Å²) in [7, 11) is 0. The van der Waals surface area contributed by atoms with E-state index in [4.69, 9.17) is 8.94 Å². The molecule has 6 nitrogen and oxygen atoms in total. The summed E-state index contributed by atoms with van der Waals surface area (Å²) < 4.78 is 10.5. The summed E-state index contributed by atoms with van der Waals surface area (Å²) in [6, 6.07) is 3.52. The topological polar surface area (TPSA) is 88.5 Å². The van der Waals surface area contributed by atoms with Gasteiger partial charge in [-0.1, -0.05) is 5.16 Å². The van der Waals surface area contributed by atoms with Crippen molar-refractivity contribution in [2.45, 2.75) is 45.1 Å². The number of rotatable bonds is 6. The highest BCUT2D eigenvalue weighted by Gasteiger charge is 2.28. The van der Waals surface area contributed by atoms with Crippen molar-refractivity contribution in [2.24, 2.45) is 0 Å². The number of nitrogens with zero attached hydrogens (tertiary/aromatic N) is 1. The van der Waals surface area contributed by atoms with Gasteiger partial charge >= 0.3 is 0 Å². The lowest BCUT2D eigenvalue weighted by Crippen LogP contribution is -2.25. The van der Waals surface area contributed by atoms with E-state index < -0.39 is 6.10 Å². The van der Waals surface area contributed by atoms with Crippen LogP contribution in [0.4, 0.5) is 0 Å². The molecule has 0 bridgehead atoms.